The molecule has 0 spiro atoms. The molecule has 5 rings (SSSR count). The molecule has 3 aromatic heterocycles. The number of rotatable bonds is 4. The molecule has 0 bridgehead atoms. The Labute approximate surface area is 183 Å². The molecular weight excluding hydrogens is 388 g/mol. The molecule has 0 aromatic carbocycles. The standard InChI is InChI=1S/C24H30N6O/c1-19-8-7-13-30-20(22(26-23(19)30)24(31)29-11-5-2-6-12-29)18-27-14-16-28(17-15-27)21-9-3-4-10-25-21/h3-4,7-10,13H,2,5-6,11-12,14-18H2,1H3. The van der Waals surface area contributed by atoms with Gasteiger partial charge in [0, 0.05) is 58.2 Å². The summed E-state index contributed by atoms with van der Waals surface area (Å²) in [5.74, 6) is 1.12. The van der Waals surface area contributed by atoms with Crippen molar-refractivity contribution in [3.63, 3.8) is 0 Å². The molecule has 0 aliphatic carbocycles. The van der Waals surface area contributed by atoms with Gasteiger partial charge in [0.1, 0.15) is 11.5 Å². The molecule has 5 heterocycles. The number of hydrogen-bond acceptors (Lipinski definition) is 5. The van der Waals surface area contributed by atoms with E-state index in [1.165, 1.54) is 6.42 Å². The first-order chi connectivity index (χ1) is 15.2. The van der Waals surface area contributed by atoms with Gasteiger partial charge in [-0.15, -0.1) is 0 Å². The number of anilines is 1. The molecule has 2 aliphatic heterocycles. The predicted molar refractivity (Wildman–Crippen MR) is 121 cm³/mol. The van der Waals surface area contributed by atoms with Crippen molar-refractivity contribution in [2.24, 2.45) is 0 Å². The van der Waals surface area contributed by atoms with Gasteiger partial charge in [0.2, 0.25) is 0 Å². The fraction of sp³-hybridized carbons (Fsp3) is 0.458. The Kier molecular flexibility index (Phi) is 5.59. The number of pyridine rings is 2. The molecule has 2 saturated heterocycles. The molecule has 0 atom stereocenters. The number of hydrogen-bond donors (Lipinski definition) is 0. The van der Waals surface area contributed by atoms with Gasteiger partial charge in [-0.3, -0.25) is 9.69 Å². The van der Waals surface area contributed by atoms with Crippen molar-refractivity contribution in [3.8, 4) is 0 Å². The van der Waals surface area contributed by atoms with E-state index >= 15 is 0 Å². The number of piperidine rings is 1. The third-order valence-electron chi connectivity index (χ3n) is 6.51. The lowest BCUT2D eigenvalue weighted by molar-refractivity contribution is 0.0716. The molecule has 2 fully saturated rings. The number of likely N-dealkylation sites (tertiary alicyclic amines) is 1. The number of imidazole rings is 1. The van der Waals surface area contributed by atoms with Crippen molar-refractivity contribution in [1.82, 2.24) is 24.2 Å². The Bertz CT molecular complexity index is 1050. The van der Waals surface area contributed by atoms with E-state index in [9.17, 15) is 4.79 Å². The molecule has 2 aliphatic rings. The van der Waals surface area contributed by atoms with Gasteiger partial charge >= 0.3 is 0 Å². The van der Waals surface area contributed by atoms with Crippen LogP contribution in [0.2, 0.25) is 0 Å². The van der Waals surface area contributed by atoms with E-state index in [2.05, 4.69) is 38.2 Å². The second-order valence-corrected chi connectivity index (χ2v) is 8.60. The highest BCUT2D eigenvalue weighted by molar-refractivity contribution is 5.94. The summed E-state index contributed by atoms with van der Waals surface area (Å²) < 4.78 is 2.12. The summed E-state index contributed by atoms with van der Waals surface area (Å²) in [5, 5.41) is 0. The zero-order valence-electron chi connectivity index (χ0n) is 18.2. The van der Waals surface area contributed by atoms with Crippen LogP contribution in [0.25, 0.3) is 5.65 Å². The largest absolute Gasteiger partial charge is 0.354 e. The quantitative estimate of drug-likeness (QED) is 0.652. The van der Waals surface area contributed by atoms with Crippen molar-refractivity contribution in [2.45, 2.75) is 32.7 Å². The van der Waals surface area contributed by atoms with Gasteiger partial charge in [0.05, 0.1) is 5.69 Å². The zero-order chi connectivity index (χ0) is 21.2. The third-order valence-corrected chi connectivity index (χ3v) is 6.51. The van der Waals surface area contributed by atoms with Gasteiger partial charge in [-0.05, 0) is 49.9 Å². The number of carbonyl (C=O) groups excluding carboxylic acids is 1. The highest BCUT2D eigenvalue weighted by Crippen LogP contribution is 2.22. The molecule has 0 radical (unpaired) electrons. The lowest BCUT2D eigenvalue weighted by atomic mass is 10.1. The monoisotopic (exact) mass is 418 g/mol. The van der Waals surface area contributed by atoms with Crippen LogP contribution in [0, 0.1) is 6.92 Å². The van der Waals surface area contributed by atoms with Crippen LogP contribution in [0.1, 0.15) is 41.0 Å². The first-order valence-electron chi connectivity index (χ1n) is 11.3. The van der Waals surface area contributed by atoms with Crippen LogP contribution in [0.5, 0.6) is 0 Å². The van der Waals surface area contributed by atoms with Crippen molar-refractivity contribution >= 4 is 17.4 Å². The van der Waals surface area contributed by atoms with Crippen molar-refractivity contribution in [1.29, 1.82) is 0 Å². The van der Waals surface area contributed by atoms with Crippen LogP contribution in [-0.4, -0.2) is 69.3 Å². The van der Waals surface area contributed by atoms with Gasteiger partial charge in [-0.1, -0.05) is 12.1 Å². The van der Waals surface area contributed by atoms with Gasteiger partial charge < -0.3 is 14.2 Å². The van der Waals surface area contributed by atoms with E-state index < -0.39 is 0 Å². The summed E-state index contributed by atoms with van der Waals surface area (Å²) in [6, 6.07) is 10.2. The van der Waals surface area contributed by atoms with Crippen molar-refractivity contribution in [2.75, 3.05) is 44.2 Å². The highest BCUT2D eigenvalue weighted by Gasteiger charge is 2.27. The highest BCUT2D eigenvalue weighted by atomic mass is 16.2. The van der Waals surface area contributed by atoms with Crippen molar-refractivity contribution < 1.29 is 4.79 Å². The van der Waals surface area contributed by atoms with E-state index in [0.717, 1.165) is 81.4 Å². The number of piperazine rings is 1. The third kappa shape index (κ3) is 4.02. The molecule has 7 nitrogen and oxygen atoms in total. The maximum absolute atomic E-state index is 13.4. The molecular formula is C24H30N6O. The summed E-state index contributed by atoms with van der Waals surface area (Å²) >= 11 is 0. The second-order valence-electron chi connectivity index (χ2n) is 8.60. The first kappa shape index (κ1) is 20.0. The fourth-order valence-corrected chi connectivity index (χ4v) is 4.71. The van der Waals surface area contributed by atoms with E-state index in [1.807, 2.05) is 35.5 Å². The van der Waals surface area contributed by atoms with E-state index in [0.29, 0.717) is 5.69 Å². The molecule has 162 valence electrons. The Morgan fingerprint density at radius 3 is 2.52 bits per heavy atom. The van der Waals surface area contributed by atoms with Crippen LogP contribution in [-0.2, 0) is 6.54 Å². The molecule has 3 aromatic rings. The molecule has 31 heavy (non-hydrogen) atoms. The first-order valence-corrected chi connectivity index (χ1v) is 11.3. The Morgan fingerprint density at radius 2 is 1.77 bits per heavy atom. The number of amides is 1. The number of carbonyl (C=O) groups is 1. The van der Waals surface area contributed by atoms with Crippen LogP contribution >= 0.6 is 0 Å². The van der Waals surface area contributed by atoms with Gasteiger partial charge in [0.25, 0.3) is 5.91 Å². The number of fused-ring (bicyclic) bond motifs is 1. The SMILES string of the molecule is Cc1cccn2c(CN3CCN(c4ccccn4)CC3)c(C(=O)N3CCCCC3)nc12. The minimum atomic E-state index is 0.0879. The minimum absolute atomic E-state index is 0.0879. The van der Waals surface area contributed by atoms with Crippen LogP contribution in [0.4, 0.5) is 5.82 Å². The lowest BCUT2D eigenvalue weighted by Crippen LogP contribution is -2.46. The summed E-state index contributed by atoms with van der Waals surface area (Å²) in [6.45, 7) is 8.22. The topological polar surface area (TPSA) is 57.0 Å². The molecule has 7 heteroatoms. The van der Waals surface area contributed by atoms with Gasteiger partial charge in [-0.25, -0.2) is 9.97 Å². The average molecular weight is 419 g/mol. The van der Waals surface area contributed by atoms with Crippen molar-refractivity contribution in [3.05, 3.63) is 59.7 Å². The van der Waals surface area contributed by atoms with E-state index in [-0.39, 0.29) is 5.91 Å². The normalized spacial score (nSPS) is 18.0. The molecule has 0 saturated carbocycles. The maximum atomic E-state index is 13.4. The van der Waals surface area contributed by atoms with Gasteiger partial charge in [-0.2, -0.15) is 0 Å². The predicted octanol–water partition coefficient (Wildman–Crippen LogP) is 2.99. The summed E-state index contributed by atoms with van der Waals surface area (Å²) in [4.78, 5) is 29.5. The van der Waals surface area contributed by atoms with Crippen LogP contribution in [0.3, 0.4) is 0 Å². The van der Waals surface area contributed by atoms with E-state index in [1.54, 1.807) is 0 Å². The molecule has 1 amide bonds. The molecule has 0 N–H and O–H groups in total. The lowest BCUT2D eigenvalue weighted by Gasteiger charge is -2.35. The zero-order valence-corrected chi connectivity index (χ0v) is 18.2. The molecule has 0 unspecified atom stereocenters. The number of aromatic nitrogens is 3. The summed E-state index contributed by atoms with van der Waals surface area (Å²) in [5.41, 5.74) is 3.63. The smallest absolute Gasteiger partial charge is 0.274 e. The van der Waals surface area contributed by atoms with E-state index in [4.69, 9.17) is 4.98 Å². The van der Waals surface area contributed by atoms with Crippen LogP contribution < -0.4 is 4.90 Å². The summed E-state index contributed by atoms with van der Waals surface area (Å²) in [7, 11) is 0. The Morgan fingerprint density at radius 1 is 0.968 bits per heavy atom. The van der Waals surface area contributed by atoms with Gasteiger partial charge in [0.15, 0.2) is 5.69 Å². The average Bonchev–Trinajstić information content (AvgIpc) is 3.20. The van der Waals surface area contributed by atoms with Crippen LogP contribution in [0.15, 0.2) is 42.7 Å². The Balaban J connectivity index is 1.38. The maximum Gasteiger partial charge on any atom is 0.274 e. The Hall–Kier alpha value is -2.93. The second kappa shape index (κ2) is 8.67. The number of aryl methyl sites for hydroxylation is 1. The fourth-order valence-electron chi connectivity index (χ4n) is 4.71. The number of nitrogens with zero attached hydrogens (tertiary/aromatic N) is 6. The minimum Gasteiger partial charge on any atom is -0.354 e. The summed E-state index contributed by atoms with van der Waals surface area (Å²) in [6.07, 6.45) is 7.27.